The number of carbonyl (C=O) groups excluding carboxylic acids is 1. The van der Waals surface area contributed by atoms with Crippen molar-refractivity contribution in [3.63, 3.8) is 0 Å². The molecule has 2 N–H and O–H groups in total. The van der Waals surface area contributed by atoms with E-state index in [0.29, 0.717) is 0 Å². The summed E-state index contributed by atoms with van der Waals surface area (Å²) < 4.78 is 29.9. The third-order valence-electron chi connectivity index (χ3n) is 4.83. The van der Waals surface area contributed by atoms with Gasteiger partial charge < -0.3 is 10.2 Å². The number of fused-ring (bicyclic) bond motifs is 1. The van der Waals surface area contributed by atoms with Gasteiger partial charge in [0.25, 0.3) is 5.91 Å². The van der Waals surface area contributed by atoms with Crippen molar-refractivity contribution < 1.29 is 28.6 Å². The average molecular weight is 442 g/mol. The van der Waals surface area contributed by atoms with E-state index < -0.39 is 35.2 Å². The first-order valence-corrected chi connectivity index (χ1v) is 9.30. The summed E-state index contributed by atoms with van der Waals surface area (Å²) in [5.41, 5.74) is 0.00900. The van der Waals surface area contributed by atoms with Crippen molar-refractivity contribution in [2.45, 2.75) is 26.2 Å². The van der Waals surface area contributed by atoms with Crippen LogP contribution in [0.1, 0.15) is 40.9 Å². The number of aliphatic carboxylic acids is 1. The monoisotopic (exact) mass is 441 g/mol. The summed E-state index contributed by atoms with van der Waals surface area (Å²) in [7, 11) is 0. The number of carboxylic acid groups (broad SMARTS) is 1. The Bertz CT molecular complexity index is 1170. The molecule has 0 radical (unpaired) electrons. The van der Waals surface area contributed by atoms with Gasteiger partial charge in [-0.05, 0) is 37.1 Å². The largest absolute Gasteiger partial charge is 0.503 e. The molecule has 1 unspecified atom stereocenters. The van der Waals surface area contributed by atoms with Gasteiger partial charge in [-0.25, -0.2) is 8.78 Å². The number of aromatic hydroxyl groups is 1. The van der Waals surface area contributed by atoms with Gasteiger partial charge in [0.15, 0.2) is 17.4 Å². The van der Waals surface area contributed by atoms with E-state index in [1.807, 2.05) is 0 Å². The van der Waals surface area contributed by atoms with Gasteiger partial charge in [-0.2, -0.15) is 0 Å². The standard InChI is InChI=1S/C20H15Cl2F2NO4/c1-3-10(20(28)29)15-8(2)25(14-7-13(23)18(26)17(24)16(14)15)19(27)9-4-5-11(21)12(22)6-9/h4-7,10,26H,3H2,1-2H3,(H,28,29). The highest BCUT2D eigenvalue weighted by atomic mass is 35.5. The molecule has 5 nitrogen and oxygen atoms in total. The van der Waals surface area contributed by atoms with Crippen LogP contribution in [-0.2, 0) is 4.79 Å². The molecule has 0 amide bonds. The summed E-state index contributed by atoms with van der Waals surface area (Å²) in [5, 5.41) is 19.3. The molecule has 0 aliphatic rings. The number of carbonyl (C=O) groups is 2. The highest BCUT2D eigenvalue weighted by molar-refractivity contribution is 6.42. The van der Waals surface area contributed by atoms with E-state index in [1.165, 1.54) is 25.1 Å². The summed E-state index contributed by atoms with van der Waals surface area (Å²) in [6.07, 6.45) is 0.0911. The minimum atomic E-state index is -1.32. The van der Waals surface area contributed by atoms with Crippen molar-refractivity contribution in [1.82, 2.24) is 4.57 Å². The van der Waals surface area contributed by atoms with Crippen LogP contribution in [0.3, 0.4) is 0 Å². The molecule has 9 heteroatoms. The first kappa shape index (κ1) is 21.1. The maximum atomic E-state index is 14.8. The minimum Gasteiger partial charge on any atom is -0.503 e. The predicted molar refractivity (Wildman–Crippen MR) is 105 cm³/mol. The number of phenols is 1. The van der Waals surface area contributed by atoms with Gasteiger partial charge in [-0.3, -0.25) is 14.2 Å². The zero-order valence-electron chi connectivity index (χ0n) is 15.3. The van der Waals surface area contributed by atoms with Crippen LogP contribution in [0, 0.1) is 18.6 Å². The van der Waals surface area contributed by atoms with Crippen molar-refractivity contribution in [3.05, 3.63) is 62.8 Å². The number of benzene rings is 2. The van der Waals surface area contributed by atoms with Crippen molar-refractivity contribution >= 4 is 46.0 Å². The highest BCUT2D eigenvalue weighted by Gasteiger charge is 2.32. The Hall–Kier alpha value is -2.64. The van der Waals surface area contributed by atoms with Crippen LogP contribution >= 0.6 is 23.2 Å². The van der Waals surface area contributed by atoms with Crippen molar-refractivity contribution in [3.8, 4) is 5.75 Å². The second-order valence-corrected chi connectivity index (χ2v) is 7.30. The van der Waals surface area contributed by atoms with E-state index in [-0.39, 0.29) is 44.2 Å². The van der Waals surface area contributed by atoms with Gasteiger partial charge in [0.2, 0.25) is 0 Å². The molecule has 0 saturated carbocycles. The Balaban J connectivity index is 2.41. The van der Waals surface area contributed by atoms with Gasteiger partial charge in [-0.1, -0.05) is 30.1 Å². The lowest BCUT2D eigenvalue weighted by molar-refractivity contribution is -0.138. The Kier molecular flexibility index (Phi) is 5.56. The predicted octanol–water partition coefficient (Wildman–Crippen LogP) is 5.51. The first-order valence-electron chi connectivity index (χ1n) is 8.54. The first-order chi connectivity index (χ1) is 13.6. The molecule has 0 bridgehead atoms. The van der Waals surface area contributed by atoms with Gasteiger partial charge in [-0.15, -0.1) is 0 Å². The van der Waals surface area contributed by atoms with E-state index in [0.717, 1.165) is 10.6 Å². The number of rotatable bonds is 4. The fourth-order valence-electron chi connectivity index (χ4n) is 3.46. The molecule has 3 aromatic rings. The van der Waals surface area contributed by atoms with Crippen LogP contribution in [0.2, 0.25) is 10.0 Å². The van der Waals surface area contributed by atoms with E-state index >= 15 is 0 Å². The molecule has 3 rings (SSSR count). The quantitative estimate of drug-likeness (QED) is 0.559. The Morgan fingerprint density at radius 1 is 1.17 bits per heavy atom. The smallest absolute Gasteiger partial charge is 0.311 e. The van der Waals surface area contributed by atoms with E-state index in [4.69, 9.17) is 23.2 Å². The normalized spacial score (nSPS) is 12.3. The molecule has 152 valence electrons. The topological polar surface area (TPSA) is 79.5 Å². The van der Waals surface area contributed by atoms with Crippen LogP contribution in [0.15, 0.2) is 24.3 Å². The Labute approximate surface area is 174 Å². The average Bonchev–Trinajstić information content (AvgIpc) is 2.94. The molecule has 0 saturated heterocycles. The van der Waals surface area contributed by atoms with Crippen molar-refractivity contribution in [1.29, 1.82) is 0 Å². The van der Waals surface area contributed by atoms with Crippen LogP contribution in [0.5, 0.6) is 5.75 Å². The number of phenolic OH excluding ortho intramolecular Hbond substituents is 1. The lowest BCUT2D eigenvalue weighted by atomic mass is 9.93. The molecule has 0 aliphatic heterocycles. The molecular formula is C20H15Cl2F2NO4. The lowest BCUT2D eigenvalue weighted by Crippen LogP contribution is -2.16. The summed E-state index contributed by atoms with van der Waals surface area (Å²) in [5.74, 6) is -6.91. The molecule has 0 fully saturated rings. The summed E-state index contributed by atoms with van der Waals surface area (Å²) >= 11 is 11.8. The number of halogens is 4. The zero-order chi connectivity index (χ0) is 21.6. The highest BCUT2D eigenvalue weighted by Crippen LogP contribution is 2.39. The maximum absolute atomic E-state index is 14.8. The summed E-state index contributed by atoms with van der Waals surface area (Å²) in [4.78, 5) is 24.9. The van der Waals surface area contributed by atoms with Gasteiger partial charge in [0, 0.05) is 22.7 Å². The second kappa shape index (κ2) is 7.65. The summed E-state index contributed by atoms with van der Waals surface area (Å²) in [6.45, 7) is 3.02. The molecular weight excluding hydrogens is 427 g/mol. The minimum absolute atomic E-state index is 0.00351. The Morgan fingerprint density at radius 3 is 2.38 bits per heavy atom. The third-order valence-corrected chi connectivity index (χ3v) is 5.57. The molecule has 1 heterocycles. The van der Waals surface area contributed by atoms with Crippen molar-refractivity contribution in [2.24, 2.45) is 0 Å². The Morgan fingerprint density at radius 2 is 1.83 bits per heavy atom. The van der Waals surface area contributed by atoms with Gasteiger partial charge in [0.1, 0.15) is 0 Å². The van der Waals surface area contributed by atoms with Gasteiger partial charge >= 0.3 is 5.97 Å². The van der Waals surface area contributed by atoms with Crippen LogP contribution in [0.25, 0.3) is 10.9 Å². The maximum Gasteiger partial charge on any atom is 0.311 e. The fraction of sp³-hybridized carbons (Fsp3) is 0.200. The SMILES string of the molecule is CCC(C(=O)O)c1c(C)n(C(=O)c2ccc(Cl)c(Cl)c2)c2cc(F)c(O)c(F)c12. The van der Waals surface area contributed by atoms with Crippen LogP contribution in [-0.4, -0.2) is 26.7 Å². The number of aromatic nitrogens is 1. The third kappa shape index (κ3) is 3.34. The second-order valence-electron chi connectivity index (χ2n) is 6.48. The van der Waals surface area contributed by atoms with E-state index in [1.54, 1.807) is 6.92 Å². The molecule has 0 spiro atoms. The van der Waals surface area contributed by atoms with Crippen molar-refractivity contribution in [2.75, 3.05) is 0 Å². The molecule has 2 aromatic carbocycles. The van der Waals surface area contributed by atoms with Crippen LogP contribution in [0.4, 0.5) is 8.78 Å². The molecule has 29 heavy (non-hydrogen) atoms. The van der Waals surface area contributed by atoms with Crippen LogP contribution < -0.4 is 0 Å². The lowest BCUT2D eigenvalue weighted by Gasteiger charge is -2.12. The number of hydrogen-bond donors (Lipinski definition) is 2. The molecule has 1 atom stereocenters. The van der Waals surface area contributed by atoms with E-state index in [9.17, 15) is 28.6 Å². The number of nitrogens with zero attached hydrogens (tertiary/aromatic N) is 1. The number of hydrogen-bond acceptors (Lipinski definition) is 3. The van der Waals surface area contributed by atoms with Gasteiger partial charge in [0.05, 0.1) is 21.5 Å². The number of carboxylic acids is 1. The fourth-order valence-corrected chi connectivity index (χ4v) is 3.76. The molecule has 0 aliphatic carbocycles. The summed E-state index contributed by atoms with van der Waals surface area (Å²) in [6, 6.07) is 4.90. The molecule has 1 aromatic heterocycles. The van der Waals surface area contributed by atoms with E-state index in [2.05, 4.69) is 0 Å². The zero-order valence-corrected chi connectivity index (χ0v) is 16.8.